The molecule has 0 aromatic carbocycles. The molecule has 0 spiro atoms. The van der Waals surface area contributed by atoms with Gasteiger partial charge in [0.2, 0.25) is 11.8 Å². The van der Waals surface area contributed by atoms with Gasteiger partial charge in [-0.25, -0.2) is 9.78 Å². The lowest BCUT2D eigenvalue weighted by Gasteiger charge is -2.39. The first kappa shape index (κ1) is 33.3. The molecule has 3 aliphatic carbocycles. The quantitative estimate of drug-likeness (QED) is 0.299. The molecule has 5 rings (SSSR count). The van der Waals surface area contributed by atoms with Gasteiger partial charge in [0.25, 0.3) is 0 Å². The van der Waals surface area contributed by atoms with Gasteiger partial charge in [0.15, 0.2) is 0 Å². The second kappa shape index (κ2) is 13.7. The number of nitrogens with zero attached hydrogens (tertiary/aromatic N) is 3. The zero-order valence-electron chi connectivity index (χ0n) is 26.2. The molecule has 0 unspecified atom stereocenters. The van der Waals surface area contributed by atoms with Crippen LogP contribution in [0.3, 0.4) is 0 Å². The number of alkyl halides is 3. The second-order valence-electron chi connectivity index (χ2n) is 13.3. The topological polar surface area (TPSA) is 83.0 Å². The molecule has 2 heterocycles. The fourth-order valence-electron chi connectivity index (χ4n) is 6.74. The SMILES string of the molecule is CN(C)Cc1ccnc(O[C@H]2CC[C@H](N(c3cc(C#CC4(C(F)(F)F)CCC4)sc3C(=O)O)C(=O)[C@H]3CC[C@H](C)CC3)CC2)c1. The molecule has 1 N–H and O–H groups in total. The number of halogens is 3. The van der Waals surface area contributed by atoms with Crippen molar-refractivity contribution in [1.82, 2.24) is 9.88 Å². The van der Waals surface area contributed by atoms with Crippen molar-refractivity contribution in [1.29, 1.82) is 0 Å². The lowest BCUT2D eigenvalue weighted by molar-refractivity contribution is -0.225. The van der Waals surface area contributed by atoms with Gasteiger partial charge in [-0.05, 0) is 108 Å². The van der Waals surface area contributed by atoms with E-state index in [9.17, 15) is 27.9 Å². The molecule has 11 heteroatoms. The molecular weight excluding hydrogens is 603 g/mol. The maximum absolute atomic E-state index is 14.2. The van der Waals surface area contributed by atoms with Crippen molar-refractivity contribution in [2.45, 2.75) is 102 Å². The Morgan fingerprint density at radius 2 is 1.78 bits per heavy atom. The minimum atomic E-state index is -4.45. The molecule has 7 nitrogen and oxygen atoms in total. The highest BCUT2D eigenvalue weighted by molar-refractivity contribution is 7.15. The number of amides is 1. The predicted octanol–water partition coefficient (Wildman–Crippen LogP) is 7.54. The zero-order valence-corrected chi connectivity index (χ0v) is 27.0. The lowest BCUT2D eigenvalue weighted by atomic mass is 9.69. The fourth-order valence-corrected chi connectivity index (χ4v) is 7.58. The molecule has 3 fully saturated rings. The van der Waals surface area contributed by atoms with E-state index in [1.165, 1.54) is 6.07 Å². The third-order valence-corrected chi connectivity index (χ3v) is 10.6. The van der Waals surface area contributed by atoms with Crippen LogP contribution in [0.2, 0.25) is 0 Å². The Bertz CT molecular complexity index is 1430. The summed E-state index contributed by atoms with van der Waals surface area (Å²) in [6.07, 6.45) is 3.37. The number of carboxylic acids is 1. The van der Waals surface area contributed by atoms with E-state index >= 15 is 0 Å². The highest BCUT2D eigenvalue weighted by Crippen LogP contribution is 2.52. The van der Waals surface area contributed by atoms with Crippen LogP contribution in [0.25, 0.3) is 0 Å². The number of aromatic carboxylic acids is 1. The summed E-state index contributed by atoms with van der Waals surface area (Å²) in [5.74, 6) is 4.65. The van der Waals surface area contributed by atoms with Crippen molar-refractivity contribution in [3.8, 4) is 17.7 Å². The van der Waals surface area contributed by atoms with Crippen molar-refractivity contribution in [2.24, 2.45) is 17.3 Å². The Morgan fingerprint density at radius 1 is 1.09 bits per heavy atom. The average Bonchev–Trinajstić information content (AvgIpc) is 3.37. The van der Waals surface area contributed by atoms with Crippen LogP contribution in [0.1, 0.15) is 97.7 Å². The Labute approximate surface area is 267 Å². The molecule has 1 amide bonds. The van der Waals surface area contributed by atoms with Gasteiger partial charge in [0.1, 0.15) is 16.4 Å². The number of anilines is 1. The van der Waals surface area contributed by atoms with Gasteiger partial charge in [-0.15, -0.1) is 11.3 Å². The van der Waals surface area contributed by atoms with E-state index in [2.05, 4.69) is 28.6 Å². The summed E-state index contributed by atoms with van der Waals surface area (Å²) in [5.41, 5.74) is -0.709. The molecule has 0 bridgehead atoms. The number of hydrogen-bond acceptors (Lipinski definition) is 6. The molecule has 3 saturated carbocycles. The number of ether oxygens (including phenoxy) is 1. The molecule has 45 heavy (non-hydrogen) atoms. The summed E-state index contributed by atoms with van der Waals surface area (Å²) in [5, 5.41) is 10.2. The number of carbonyl (C=O) groups is 2. The fraction of sp³-hybridized carbons (Fsp3) is 0.618. The molecule has 2 aromatic rings. The second-order valence-corrected chi connectivity index (χ2v) is 14.3. The number of thiophene rings is 1. The minimum Gasteiger partial charge on any atom is -0.477 e. The van der Waals surface area contributed by atoms with E-state index in [4.69, 9.17) is 4.74 Å². The van der Waals surface area contributed by atoms with Gasteiger partial charge in [-0.1, -0.05) is 18.8 Å². The normalized spacial score (nSPS) is 24.7. The Balaban J connectivity index is 1.39. The van der Waals surface area contributed by atoms with Crippen LogP contribution < -0.4 is 9.64 Å². The molecule has 0 radical (unpaired) electrons. The molecular formula is C34H42F3N3O4S. The summed E-state index contributed by atoms with van der Waals surface area (Å²) < 4.78 is 47.5. The monoisotopic (exact) mass is 645 g/mol. The van der Waals surface area contributed by atoms with Crippen LogP contribution >= 0.6 is 11.3 Å². The van der Waals surface area contributed by atoms with Crippen LogP contribution in [-0.4, -0.2) is 59.3 Å². The van der Waals surface area contributed by atoms with Crippen LogP contribution in [0.4, 0.5) is 18.9 Å². The largest absolute Gasteiger partial charge is 0.477 e. The first-order valence-electron chi connectivity index (χ1n) is 15.9. The van der Waals surface area contributed by atoms with Gasteiger partial charge < -0.3 is 19.6 Å². The summed E-state index contributed by atoms with van der Waals surface area (Å²) in [6.45, 7) is 2.94. The van der Waals surface area contributed by atoms with Crippen molar-refractivity contribution < 1.29 is 32.6 Å². The van der Waals surface area contributed by atoms with Crippen molar-refractivity contribution in [2.75, 3.05) is 19.0 Å². The summed E-state index contributed by atoms with van der Waals surface area (Å²) in [6, 6.07) is 5.15. The van der Waals surface area contributed by atoms with E-state index in [0.717, 1.165) is 49.1 Å². The maximum Gasteiger partial charge on any atom is 0.405 e. The predicted molar refractivity (Wildman–Crippen MR) is 167 cm³/mol. The third kappa shape index (κ3) is 7.66. The van der Waals surface area contributed by atoms with E-state index in [1.807, 2.05) is 26.2 Å². The van der Waals surface area contributed by atoms with Crippen LogP contribution in [0.5, 0.6) is 5.88 Å². The van der Waals surface area contributed by atoms with Gasteiger partial charge in [-0.3, -0.25) is 4.79 Å². The molecule has 2 aromatic heterocycles. The van der Waals surface area contributed by atoms with Crippen molar-refractivity contribution in [3.05, 3.63) is 39.7 Å². The van der Waals surface area contributed by atoms with Crippen molar-refractivity contribution in [3.63, 3.8) is 0 Å². The lowest BCUT2D eigenvalue weighted by Crippen LogP contribution is -2.47. The number of carbonyl (C=O) groups excluding carboxylic acids is 1. The maximum atomic E-state index is 14.2. The number of hydrogen-bond donors (Lipinski definition) is 1. The zero-order chi connectivity index (χ0) is 32.4. The number of rotatable bonds is 8. The Morgan fingerprint density at radius 3 is 2.36 bits per heavy atom. The smallest absolute Gasteiger partial charge is 0.405 e. The van der Waals surface area contributed by atoms with E-state index in [-0.39, 0.29) is 52.3 Å². The van der Waals surface area contributed by atoms with Gasteiger partial charge in [0.05, 0.1) is 10.6 Å². The number of carboxylic acid groups (broad SMARTS) is 1. The standard InChI is InChI=1S/C34H42F3N3O4S/c1-22-5-7-24(8-6-22)31(41)40(25-9-11-26(12-10-25)44-29-19-23(14-18-38-29)21-39(2)3)28-20-27(45-30(28)32(42)43)13-17-33(15-4-16-33)34(35,36)37/h14,18-20,22,24-26H,4-12,15-16,21H2,1-3H3,(H,42,43)/t22-,24-,25-,26-. The molecule has 0 aliphatic heterocycles. The van der Waals surface area contributed by atoms with Gasteiger partial charge in [0, 0.05) is 30.8 Å². The van der Waals surface area contributed by atoms with E-state index in [0.29, 0.717) is 43.9 Å². The molecule has 0 atom stereocenters. The first-order valence-corrected chi connectivity index (χ1v) is 16.7. The van der Waals surface area contributed by atoms with Crippen LogP contribution in [0, 0.1) is 29.1 Å². The van der Waals surface area contributed by atoms with Crippen LogP contribution in [-0.2, 0) is 11.3 Å². The average molecular weight is 646 g/mol. The molecule has 0 saturated heterocycles. The molecule has 3 aliphatic rings. The third-order valence-electron chi connectivity index (χ3n) is 9.54. The molecule has 244 valence electrons. The summed E-state index contributed by atoms with van der Waals surface area (Å²) in [7, 11) is 3.99. The van der Waals surface area contributed by atoms with Crippen molar-refractivity contribution >= 4 is 28.9 Å². The summed E-state index contributed by atoms with van der Waals surface area (Å²) in [4.78, 5) is 34.9. The Hall–Kier alpha value is -3.10. The highest BCUT2D eigenvalue weighted by atomic mass is 32.1. The first-order chi connectivity index (χ1) is 21.3. The number of aromatic nitrogens is 1. The van der Waals surface area contributed by atoms with E-state index < -0.39 is 17.6 Å². The number of pyridine rings is 1. The highest BCUT2D eigenvalue weighted by Gasteiger charge is 2.57. The summed E-state index contributed by atoms with van der Waals surface area (Å²) >= 11 is 0.847. The van der Waals surface area contributed by atoms with Crippen LogP contribution in [0.15, 0.2) is 24.4 Å². The Kier molecular flexibility index (Phi) is 10.1. The van der Waals surface area contributed by atoms with E-state index in [1.54, 1.807) is 11.1 Å². The van der Waals surface area contributed by atoms with Gasteiger partial charge >= 0.3 is 12.1 Å². The minimum absolute atomic E-state index is 0.0565. The van der Waals surface area contributed by atoms with Gasteiger partial charge in [-0.2, -0.15) is 13.2 Å².